The molecular weight excluding hydrogens is 483 g/mol. The predicted molar refractivity (Wildman–Crippen MR) is 134 cm³/mol. The van der Waals surface area contributed by atoms with Crippen LogP contribution in [0.2, 0.25) is 0 Å². The van der Waals surface area contributed by atoms with Crippen LogP contribution in [0.5, 0.6) is 23.0 Å². The molecule has 0 radical (unpaired) electrons. The van der Waals surface area contributed by atoms with Gasteiger partial charge in [0.05, 0.1) is 6.67 Å². The summed E-state index contributed by atoms with van der Waals surface area (Å²) in [7, 11) is 0. The molecule has 0 aromatic heterocycles. The molecular formula is C29H28F3NO4. The van der Waals surface area contributed by atoms with Crippen LogP contribution in [0.4, 0.5) is 13.2 Å². The predicted octanol–water partition coefficient (Wildman–Crippen LogP) is 6.11. The van der Waals surface area contributed by atoms with Crippen molar-refractivity contribution in [1.82, 2.24) is 4.90 Å². The molecule has 1 saturated heterocycles. The zero-order chi connectivity index (χ0) is 26.3. The van der Waals surface area contributed by atoms with E-state index in [2.05, 4.69) is 4.90 Å². The number of likely N-dealkylation sites (tertiary alicyclic amines) is 1. The number of phenolic OH excluding ortho intramolecular Hbond substituents is 2. The molecule has 2 aliphatic heterocycles. The Hall–Kier alpha value is -3.65. The molecule has 2 aliphatic rings. The van der Waals surface area contributed by atoms with Crippen LogP contribution in [0, 0.1) is 17.6 Å². The second-order valence-electron chi connectivity index (χ2n) is 9.70. The first-order valence-corrected chi connectivity index (χ1v) is 12.2. The monoisotopic (exact) mass is 511 g/mol. The van der Waals surface area contributed by atoms with E-state index < -0.39 is 23.5 Å². The molecule has 3 aromatic carbocycles. The van der Waals surface area contributed by atoms with Crippen molar-refractivity contribution >= 4 is 11.1 Å². The molecule has 0 bridgehead atoms. The van der Waals surface area contributed by atoms with Gasteiger partial charge in [0.1, 0.15) is 35.8 Å². The van der Waals surface area contributed by atoms with Crippen molar-refractivity contribution in [3.63, 3.8) is 0 Å². The number of rotatable bonds is 7. The fourth-order valence-electron chi connectivity index (χ4n) is 4.89. The highest BCUT2D eigenvalue weighted by atomic mass is 19.1. The van der Waals surface area contributed by atoms with Crippen molar-refractivity contribution < 1.29 is 32.9 Å². The van der Waals surface area contributed by atoms with Crippen molar-refractivity contribution in [1.29, 1.82) is 0 Å². The highest BCUT2D eigenvalue weighted by Crippen LogP contribution is 2.48. The molecule has 2 heterocycles. The summed E-state index contributed by atoms with van der Waals surface area (Å²) in [5, 5.41) is 20.0. The molecule has 3 aromatic rings. The van der Waals surface area contributed by atoms with E-state index in [9.17, 15) is 23.4 Å². The van der Waals surface area contributed by atoms with Crippen molar-refractivity contribution in [2.45, 2.75) is 26.0 Å². The number of aromatic hydroxyl groups is 2. The lowest BCUT2D eigenvalue weighted by atomic mass is 9.85. The minimum Gasteiger partial charge on any atom is -0.508 e. The third kappa shape index (κ3) is 4.85. The number of hydrogen-bond donors (Lipinski definition) is 2. The summed E-state index contributed by atoms with van der Waals surface area (Å²) in [6, 6.07) is 13.7. The number of allylic oxidation sites excluding steroid dienone is 1. The summed E-state index contributed by atoms with van der Waals surface area (Å²) in [5.41, 5.74) is 2.32. The third-order valence-corrected chi connectivity index (χ3v) is 7.11. The second-order valence-corrected chi connectivity index (χ2v) is 9.70. The summed E-state index contributed by atoms with van der Waals surface area (Å²) >= 11 is 0. The van der Waals surface area contributed by atoms with Crippen LogP contribution in [0.25, 0.3) is 11.1 Å². The van der Waals surface area contributed by atoms with Crippen molar-refractivity contribution in [3.05, 3.63) is 82.9 Å². The van der Waals surface area contributed by atoms with E-state index in [1.807, 2.05) is 19.1 Å². The van der Waals surface area contributed by atoms with E-state index in [1.165, 1.54) is 12.1 Å². The Morgan fingerprint density at radius 3 is 2.43 bits per heavy atom. The van der Waals surface area contributed by atoms with Gasteiger partial charge in [-0.15, -0.1) is 0 Å². The van der Waals surface area contributed by atoms with Gasteiger partial charge in [0, 0.05) is 47.8 Å². The van der Waals surface area contributed by atoms with Crippen LogP contribution in [0.3, 0.4) is 0 Å². The topological polar surface area (TPSA) is 62.2 Å². The quantitative estimate of drug-likeness (QED) is 0.401. The number of fused-ring (bicyclic) bond motifs is 1. The maximum Gasteiger partial charge on any atom is 0.167 e. The molecule has 194 valence electrons. The van der Waals surface area contributed by atoms with E-state index in [0.29, 0.717) is 46.4 Å². The minimum atomic E-state index is -1.06. The number of phenols is 2. The summed E-state index contributed by atoms with van der Waals surface area (Å²) < 4.78 is 53.7. The first-order valence-electron chi connectivity index (χ1n) is 12.2. The van der Waals surface area contributed by atoms with Crippen LogP contribution < -0.4 is 9.47 Å². The summed E-state index contributed by atoms with van der Waals surface area (Å²) in [6.07, 6.45) is -0.761. The molecule has 2 N–H and O–H groups in total. The van der Waals surface area contributed by atoms with E-state index in [4.69, 9.17) is 9.47 Å². The molecule has 5 rings (SSSR count). The zero-order valence-corrected chi connectivity index (χ0v) is 20.5. The molecule has 2 unspecified atom stereocenters. The third-order valence-electron chi connectivity index (χ3n) is 7.11. The van der Waals surface area contributed by atoms with Crippen LogP contribution in [0.1, 0.15) is 36.6 Å². The van der Waals surface area contributed by atoms with Crippen LogP contribution in [0.15, 0.2) is 54.6 Å². The van der Waals surface area contributed by atoms with E-state index >= 15 is 0 Å². The largest absolute Gasteiger partial charge is 0.508 e. The summed E-state index contributed by atoms with van der Waals surface area (Å²) in [5.74, 6) is -1.27. The molecule has 0 spiro atoms. The van der Waals surface area contributed by atoms with Crippen molar-refractivity contribution in [3.8, 4) is 23.0 Å². The Morgan fingerprint density at radius 1 is 1.00 bits per heavy atom. The zero-order valence-electron chi connectivity index (χ0n) is 20.5. The molecule has 5 nitrogen and oxygen atoms in total. The van der Waals surface area contributed by atoms with E-state index in [-0.39, 0.29) is 29.9 Å². The molecule has 2 atom stereocenters. The van der Waals surface area contributed by atoms with Gasteiger partial charge in [-0.3, -0.25) is 9.29 Å². The van der Waals surface area contributed by atoms with Gasteiger partial charge in [0.15, 0.2) is 11.6 Å². The van der Waals surface area contributed by atoms with Crippen LogP contribution in [-0.4, -0.2) is 47.5 Å². The number of halogens is 3. The van der Waals surface area contributed by atoms with E-state index in [1.54, 1.807) is 25.1 Å². The molecule has 0 amide bonds. The summed E-state index contributed by atoms with van der Waals surface area (Å²) in [4.78, 5) is 2.18. The fourth-order valence-corrected chi connectivity index (χ4v) is 4.89. The number of hydrogen-bond acceptors (Lipinski definition) is 5. The van der Waals surface area contributed by atoms with Gasteiger partial charge in [0.25, 0.3) is 0 Å². The highest BCUT2D eigenvalue weighted by Gasteiger charge is 2.32. The van der Waals surface area contributed by atoms with Gasteiger partial charge in [0.2, 0.25) is 0 Å². The molecule has 37 heavy (non-hydrogen) atoms. The fraction of sp³-hybridized carbons (Fsp3) is 0.310. The van der Waals surface area contributed by atoms with Crippen LogP contribution in [-0.2, 0) is 0 Å². The number of nitrogens with zero attached hydrogens (tertiary/aromatic N) is 1. The Morgan fingerprint density at radius 2 is 1.73 bits per heavy atom. The smallest absolute Gasteiger partial charge is 0.167 e. The van der Waals surface area contributed by atoms with Crippen molar-refractivity contribution in [2.24, 2.45) is 5.92 Å². The lowest BCUT2D eigenvalue weighted by Crippen LogP contribution is -2.53. The van der Waals surface area contributed by atoms with Gasteiger partial charge < -0.3 is 19.7 Å². The van der Waals surface area contributed by atoms with Crippen molar-refractivity contribution in [2.75, 3.05) is 26.4 Å². The minimum absolute atomic E-state index is 0.00526. The Bertz CT molecular complexity index is 1340. The molecule has 0 saturated carbocycles. The van der Waals surface area contributed by atoms with Gasteiger partial charge in [-0.05, 0) is 61.4 Å². The number of alkyl halides is 1. The normalized spacial score (nSPS) is 18.7. The average molecular weight is 512 g/mol. The summed E-state index contributed by atoms with van der Waals surface area (Å²) in [6.45, 7) is 5.45. The first kappa shape index (κ1) is 25.0. The maximum atomic E-state index is 15.0. The molecule has 0 aliphatic carbocycles. The Balaban J connectivity index is 1.43. The molecule has 8 heteroatoms. The van der Waals surface area contributed by atoms with E-state index in [0.717, 1.165) is 19.2 Å². The SMILES string of the molecule is CC1=C(c2cc(O)c(F)cc2F)C(c2ccc(OCC(C)N3CC(CF)C3)cc2)Oc2ccc(O)cc21. The Labute approximate surface area is 213 Å². The average Bonchev–Trinajstić information content (AvgIpc) is 2.85. The highest BCUT2D eigenvalue weighted by molar-refractivity contribution is 5.96. The van der Waals surface area contributed by atoms with Gasteiger partial charge in [-0.2, -0.15) is 0 Å². The number of benzene rings is 3. The number of ether oxygens (including phenoxy) is 2. The standard InChI is InChI=1S/C29H28F3NO4/c1-16(33-13-18(12-30)14-33)15-36-21-6-3-19(4-7-21)29-28(23-10-26(35)25(32)11-24(23)31)17(2)22-9-20(34)5-8-27(22)37-29/h3-11,16,18,29,34-35H,12-15H2,1-2H3. The van der Waals surface area contributed by atoms with Gasteiger partial charge in [-0.25, -0.2) is 8.78 Å². The van der Waals surface area contributed by atoms with Gasteiger partial charge in [-0.1, -0.05) is 12.1 Å². The molecule has 1 fully saturated rings. The van der Waals surface area contributed by atoms with Gasteiger partial charge >= 0.3 is 0 Å². The Kier molecular flexibility index (Phi) is 6.77. The first-order chi connectivity index (χ1) is 17.7. The second kappa shape index (κ2) is 10.0. The van der Waals surface area contributed by atoms with Crippen LogP contribution >= 0.6 is 0 Å². The maximum absolute atomic E-state index is 15.0. The lowest BCUT2D eigenvalue weighted by molar-refractivity contribution is 0.0265. The lowest BCUT2D eigenvalue weighted by Gasteiger charge is -2.41.